The molecule has 1 amide bonds. The Balaban J connectivity index is 2.89. The van der Waals surface area contributed by atoms with Crippen molar-refractivity contribution in [2.45, 2.75) is 33.7 Å². The number of rotatable bonds is 5. The van der Waals surface area contributed by atoms with Crippen molar-refractivity contribution in [1.29, 1.82) is 0 Å². The molecule has 0 aromatic heterocycles. The summed E-state index contributed by atoms with van der Waals surface area (Å²) in [5.41, 5.74) is 0.659. The first kappa shape index (κ1) is 15.2. The summed E-state index contributed by atoms with van der Waals surface area (Å²) >= 11 is 0. The number of ether oxygens (including phenoxy) is 1. The van der Waals surface area contributed by atoms with Crippen molar-refractivity contribution in [2.75, 3.05) is 6.61 Å². The molecule has 0 heterocycles. The monoisotopic (exact) mass is 263 g/mol. The fourth-order valence-corrected chi connectivity index (χ4v) is 1.52. The predicted octanol–water partition coefficient (Wildman–Crippen LogP) is 2.64. The van der Waals surface area contributed by atoms with Gasteiger partial charge >= 0.3 is 5.97 Å². The van der Waals surface area contributed by atoms with Gasteiger partial charge in [-0.3, -0.25) is 4.79 Å². The summed E-state index contributed by atoms with van der Waals surface area (Å²) in [6, 6.07) is 6.71. The van der Waals surface area contributed by atoms with Crippen LogP contribution in [-0.4, -0.2) is 24.5 Å². The van der Waals surface area contributed by atoms with Gasteiger partial charge < -0.3 is 10.1 Å². The van der Waals surface area contributed by atoms with E-state index in [0.717, 1.165) is 0 Å². The third kappa shape index (κ3) is 4.73. The highest BCUT2D eigenvalue weighted by Crippen LogP contribution is 2.11. The Kier molecular flexibility index (Phi) is 5.55. The van der Waals surface area contributed by atoms with E-state index in [1.165, 1.54) is 0 Å². The zero-order valence-corrected chi connectivity index (χ0v) is 11.9. The fourth-order valence-electron chi connectivity index (χ4n) is 1.52. The topological polar surface area (TPSA) is 55.4 Å². The molecule has 0 aliphatic heterocycles. The lowest BCUT2D eigenvalue weighted by atomic mass is 10.1. The molecule has 0 fully saturated rings. The maximum atomic E-state index is 12.0. The zero-order valence-electron chi connectivity index (χ0n) is 11.9. The normalized spacial score (nSPS) is 10.6. The highest BCUT2D eigenvalue weighted by atomic mass is 16.5. The van der Waals surface area contributed by atoms with Gasteiger partial charge in [-0.2, -0.15) is 0 Å². The smallest absolute Gasteiger partial charge is 0.338 e. The number of nitrogens with one attached hydrogen (secondary N) is 1. The zero-order chi connectivity index (χ0) is 14.4. The van der Waals surface area contributed by atoms with Gasteiger partial charge in [-0.15, -0.1) is 0 Å². The summed E-state index contributed by atoms with van der Waals surface area (Å²) in [7, 11) is 0. The number of carbonyl (C=O) groups excluding carboxylic acids is 2. The number of hydrogen-bond donors (Lipinski definition) is 1. The molecule has 0 saturated carbocycles. The van der Waals surface area contributed by atoms with Crippen molar-refractivity contribution < 1.29 is 14.3 Å². The van der Waals surface area contributed by atoms with Gasteiger partial charge in [-0.25, -0.2) is 4.79 Å². The largest absolute Gasteiger partial charge is 0.462 e. The average molecular weight is 263 g/mol. The molecular formula is C15H21NO3. The van der Waals surface area contributed by atoms with Crippen LogP contribution in [0, 0.1) is 5.92 Å². The Morgan fingerprint density at radius 1 is 1.11 bits per heavy atom. The van der Waals surface area contributed by atoms with E-state index in [2.05, 4.69) is 5.32 Å². The highest BCUT2D eigenvalue weighted by Gasteiger charge is 2.18. The van der Waals surface area contributed by atoms with E-state index in [1.54, 1.807) is 24.3 Å². The molecule has 0 radical (unpaired) electrons. The first-order valence-electron chi connectivity index (χ1n) is 6.48. The van der Waals surface area contributed by atoms with Gasteiger partial charge in [0.1, 0.15) is 0 Å². The number of amides is 1. The Hall–Kier alpha value is -1.84. The van der Waals surface area contributed by atoms with E-state index >= 15 is 0 Å². The lowest BCUT2D eigenvalue weighted by Crippen LogP contribution is -2.31. The van der Waals surface area contributed by atoms with Crippen LogP contribution in [0.2, 0.25) is 0 Å². The van der Waals surface area contributed by atoms with Crippen LogP contribution in [0.1, 0.15) is 48.4 Å². The molecule has 1 N–H and O–H groups in total. The SMILES string of the molecule is CC(C)COC(=O)c1ccccc1C(=O)NC(C)C. The number of carbonyl (C=O) groups is 2. The van der Waals surface area contributed by atoms with Gasteiger partial charge in [0, 0.05) is 6.04 Å². The molecule has 0 saturated heterocycles. The molecule has 0 bridgehead atoms. The minimum Gasteiger partial charge on any atom is -0.462 e. The molecule has 0 aliphatic carbocycles. The standard InChI is InChI=1S/C15H21NO3/c1-10(2)9-19-15(18)13-8-6-5-7-12(13)14(17)16-11(3)4/h5-8,10-11H,9H2,1-4H3,(H,16,17). The Bertz CT molecular complexity index is 452. The molecule has 19 heavy (non-hydrogen) atoms. The van der Waals surface area contributed by atoms with Crippen molar-refractivity contribution in [1.82, 2.24) is 5.32 Å². The van der Waals surface area contributed by atoms with Crippen LogP contribution in [0.3, 0.4) is 0 Å². The lowest BCUT2D eigenvalue weighted by Gasteiger charge is -2.12. The molecule has 1 rings (SSSR count). The van der Waals surface area contributed by atoms with E-state index in [-0.39, 0.29) is 17.9 Å². The van der Waals surface area contributed by atoms with Crippen LogP contribution in [0.15, 0.2) is 24.3 Å². The molecule has 104 valence electrons. The van der Waals surface area contributed by atoms with E-state index < -0.39 is 5.97 Å². The van der Waals surface area contributed by atoms with Crippen LogP contribution in [0.5, 0.6) is 0 Å². The second kappa shape index (κ2) is 6.92. The first-order chi connectivity index (χ1) is 8.91. The van der Waals surface area contributed by atoms with Crippen molar-refractivity contribution in [3.8, 4) is 0 Å². The summed E-state index contributed by atoms with van der Waals surface area (Å²) in [5.74, 6) is -0.448. The maximum Gasteiger partial charge on any atom is 0.338 e. The second-order valence-electron chi connectivity index (χ2n) is 5.17. The number of esters is 1. The molecule has 4 nitrogen and oxygen atoms in total. The van der Waals surface area contributed by atoms with Crippen molar-refractivity contribution in [3.05, 3.63) is 35.4 Å². The number of hydrogen-bond acceptors (Lipinski definition) is 3. The number of benzene rings is 1. The highest BCUT2D eigenvalue weighted by molar-refractivity contribution is 6.05. The molecular weight excluding hydrogens is 242 g/mol. The van der Waals surface area contributed by atoms with Crippen molar-refractivity contribution >= 4 is 11.9 Å². The first-order valence-corrected chi connectivity index (χ1v) is 6.48. The Labute approximate surface area is 114 Å². The fraction of sp³-hybridized carbons (Fsp3) is 0.467. The summed E-state index contributed by atoms with van der Waals surface area (Å²) in [4.78, 5) is 24.0. The molecule has 1 aromatic carbocycles. The quantitative estimate of drug-likeness (QED) is 0.831. The summed E-state index contributed by atoms with van der Waals surface area (Å²) in [6.45, 7) is 8.02. The molecule has 4 heteroatoms. The molecule has 0 unspecified atom stereocenters. The van der Waals surface area contributed by atoms with Crippen LogP contribution in [0.25, 0.3) is 0 Å². The molecule has 0 aliphatic rings. The predicted molar refractivity (Wildman–Crippen MR) is 74.2 cm³/mol. The van der Waals surface area contributed by atoms with Crippen LogP contribution < -0.4 is 5.32 Å². The van der Waals surface area contributed by atoms with Crippen LogP contribution in [-0.2, 0) is 4.74 Å². The van der Waals surface area contributed by atoms with Gasteiger partial charge in [-0.05, 0) is 31.9 Å². The van der Waals surface area contributed by atoms with E-state index in [4.69, 9.17) is 4.74 Å². The van der Waals surface area contributed by atoms with Crippen LogP contribution >= 0.6 is 0 Å². The summed E-state index contributed by atoms with van der Waals surface area (Å²) in [6.07, 6.45) is 0. The Morgan fingerprint density at radius 2 is 1.68 bits per heavy atom. The average Bonchev–Trinajstić information content (AvgIpc) is 2.35. The second-order valence-corrected chi connectivity index (χ2v) is 5.17. The van der Waals surface area contributed by atoms with E-state index in [9.17, 15) is 9.59 Å². The molecule has 0 atom stereocenters. The summed E-state index contributed by atoms with van der Waals surface area (Å²) in [5, 5.41) is 2.77. The maximum absolute atomic E-state index is 12.0. The van der Waals surface area contributed by atoms with Gasteiger partial charge in [-0.1, -0.05) is 26.0 Å². The van der Waals surface area contributed by atoms with Crippen molar-refractivity contribution in [2.24, 2.45) is 5.92 Å². The summed E-state index contributed by atoms with van der Waals surface area (Å²) < 4.78 is 5.17. The molecule has 1 aromatic rings. The lowest BCUT2D eigenvalue weighted by molar-refractivity contribution is 0.0455. The van der Waals surface area contributed by atoms with Crippen LogP contribution in [0.4, 0.5) is 0 Å². The Morgan fingerprint density at radius 3 is 2.21 bits per heavy atom. The molecule has 0 spiro atoms. The third-order valence-corrected chi connectivity index (χ3v) is 2.36. The van der Waals surface area contributed by atoms with Gasteiger partial charge in [0.05, 0.1) is 17.7 Å². The third-order valence-electron chi connectivity index (χ3n) is 2.36. The van der Waals surface area contributed by atoms with E-state index in [0.29, 0.717) is 17.7 Å². The van der Waals surface area contributed by atoms with Gasteiger partial charge in [0.15, 0.2) is 0 Å². The van der Waals surface area contributed by atoms with Gasteiger partial charge in [0.25, 0.3) is 5.91 Å². The van der Waals surface area contributed by atoms with Crippen molar-refractivity contribution in [3.63, 3.8) is 0 Å². The minimum atomic E-state index is -0.455. The minimum absolute atomic E-state index is 0.0206. The van der Waals surface area contributed by atoms with E-state index in [1.807, 2.05) is 27.7 Å². The van der Waals surface area contributed by atoms with Gasteiger partial charge in [0.2, 0.25) is 0 Å².